The van der Waals surface area contributed by atoms with E-state index in [0.29, 0.717) is 0 Å². The second-order valence-electron chi connectivity index (χ2n) is 4.38. The van der Waals surface area contributed by atoms with E-state index in [1.165, 1.54) is 18.2 Å². The van der Waals surface area contributed by atoms with E-state index in [1.807, 2.05) is 0 Å². The maximum atomic E-state index is 13.5. The first-order chi connectivity index (χ1) is 10.0. The quantitative estimate of drug-likeness (QED) is 0.809. The third-order valence-electron chi connectivity index (χ3n) is 2.94. The van der Waals surface area contributed by atoms with Gasteiger partial charge in [-0.05, 0) is 24.3 Å². The lowest BCUT2D eigenvalue weighted by atomic mass is 10.1. The van der Waals surface area contributed by atoms with Gasteiger partial charge in [0.1, 0.15) is 23.5 Å². The molecule has 2 rings (SSSR count). The number of nitrogens with one attached hydrogen (secondary N) is 1. The number of hydrogen-bond acceptors (Lipinski definition) is 3. The molecule has 0 radical (unpaired) electrons. The zero-order valence-corrected chi connectivity index (χ0v) is 10.9. The summed E-state index contributed by atoms with van der Waals surface area (Å²) in [5.74, 6) is -2.65. The van der Waals surface area contributed by atoms with Gasteiger partial charge in [0.05, 0.1) is 11.1 Å². The molecule has 1 unspecified atom stereocenters. The first kappa shape index (κ1) is 14.9. The molecular weight excluding hydrogens is 280 g/mol. The zero-order valence-electron chi connectivity index (χ0n) is 10.9. The molecular formula is C15H13F2NO3. The third kappa shape index (κ3) is 3.35. The van der Waals surface area contributed by atoms with Crippen LogP contribution in [0, 0.1) is 11.6 Å². The summed E-state index contributed by atoms with van der Waals surface area (Å²) in [7, 11) is 0. The van der Waals surface area contributed by atoms with Gasteiger partial charge in [-0.3, -0.25) is 4.79 Å². The topological polar surface area (TPSA) is 69.6 Å². The van der Waals surface area contributed by atoms with Gasteiger partial charge < -0.3 is 15.5 Å². The molecule has 0 aliphatic heterocycles. The molecule has 3 N–H and O–H groups in total. The second kappa shape index (κ2) is 6.32. The Morgan fingerprint density at radius 1 is 1.10 bits per heavy atom. The molecule has 2 aromatic carbocycles. The highest BCUT2D eigenvalue weighted by atomic mass is 19.1. The smallest absolute Gasteiger partial charge is 0.255 e. The summed E-state index contributed by atoms with van der Waals surface area (Å²) >= 11 is 0. The number of aromatic hydroxyl groups is 1. The highest BCUT2D eigenvalue weighted by molar-refractivity contribution is 5.96. The molecule has 4 nitrogen and oxygen atoms in total. The summed E-state index contributed by atoms with van der Waals surface area (Å²) in [4.78, 5) is 11.8. The fourth-order valence-corrected chi connectivity index (χ4v) is 1.88. The number of aliphatic hydroxyl groups excluding tert-OH is 1. The normalized spacial score (nSPS) is 12.0. The summed E-state index contributed by atoms with van der Waals surface area (Å²) in [6, 6.07) is 9.06. The van der Waals surface area contributed by atoms with Gasteiger partial charge in [-0.1, -0.05) is 18.2 Å². The molecule has 0 heterocycles. The van der Waals surface area contributed by atoms with Crippen LogP contribution in [0.25, 0.3) is 0 Å². The van der Waals surface area contributed by atoms with Gasteiger partial charge in [0, 0.05) is 6.54 Å². The Kier molecular flexibility index (Phi) is 4.49. The predicted molar refractivity (Wildman–Crippen MR) is 71.8 cm³/mol. The van der Waals surface area contributed by atoms with Gasteiger partial charge >= 0.3 is 0 Å². The minimum absolute atomic E-state index is 0.0127. The van der Waals surface area contributed by atoms with Crippen molar-refractivity contribution in [2.75, 3.05) is 6.54 Å². The van der Waals surface area contributed by atoms with Crippen molar-refractivity contribution < 1.29 is 23.8 Å². The first-order valence-electron chi connectivity index (χ1n) is 6.19. The van der Waals surface area contributed by atoms with Crippen LogP contribution in [0.2, 0.25) is 0 Å². The van der Waals surface area contributed by atoms with E-state index >= 15 is 0 Å². The SMILES string of the molecule is O=C(NCC(O)c1c(F)cccc1F)c1ccccc1O. The second-order valence-corrected chi connectivity index (χ2v) is 4.38. The number of halogens is 2. The molecule has 1 amide bonds. The van der Waals surface area contributed by atoms with Crippen molar-refractivity contribution in [1.29, 1.82) is 0 Å². The first-order valence-corrected chi connectivity index (χ1v) is 6.19. The lowest BCUT2D eigenvalue weighted by molar-refractivity contribution is 0.0908. The van der Waals surface area contributed by atoms with Crippen molar-refractivity contribution >= 4 is 5.91 Å². The van der Waals surface area contributed by atoms with Gasteiger partial charge in [0.15, 0.2) is 0 Å². The largest absolute Gasteiger partial charge is 0.507 e. The molecule has 0 saturated heterocycles. The number of rotatable bonds is 4. The molecule has 0 aliphatic rings. The van der Waals surface area contributed by atoms with E-state index in [-0.39, 0.29) is 17.9 Å². The van der Waals surface area contributed by atoms with Crippen LogP contribution < -0.4 is 5.32 Å². The zero-order chi connectivity index (χ0) is 15.4. The summed E-state index contributed by atoms with van der Waals surface area (Å²) in [6.45, 7) is -0.384. The molecule has 0 aromatic heterocycles. The average Bonchev–Trinajstić information content (AvgIpc) is 2.45. The molecule has 0 bridgehead atoms. The number of benzene rings is 2. The number of carbonyl (C=O) groups excluding carboxylic acids is 1. The molecule has 21 heavy (non-hydrogen) atoms. The molecule has 1 atom stereocenters. The molecule has 6 heteroatoms. The molecule has 0 fully saturated rings. The van der Waals surface area contributed by atoms with Crippen molar-refractivity contribution in [3.63, 3.8) is 0 Å². The monoisotopic (exact) mass is 293 g/mol. The van der Waals surface area contributed by atoms with Crippen LogP contribution in [0.3, 0.4) is 0 Å². The summed E-state index contributed by atoms with van der Waals surface area (Å²) in [5, 5.41) is 21.6. The molecule has 0 aliphatic carbocycles. The van der Waals surface area contributed by atoms with E-state index in [4.69, 9.17) is 0 Å². The lowest BCUT2D eigenvalue weighted by Gasteiger charge is -2.14. The van der Waals surface area contributed by atoms with E-state index in [0.717, 1.165) is 12.1 Å². The number of para-hydroxylation sites is 1. The van der Waals surface area contributed by atoms with E-state index in [2.05, 4.69) is 5.32 Å². The predicted octanol–water partition coefficient (Wildman–Crippen LogP) is 2.13. The number of phenolic OH excluding ortho intramolecular Hbond substituents is 1. The summed E-state index contributed by atoms with van der Waals surface area (Å²) in [6.07, 6.45) is -1.53. The van der Waals surface area contributed by atoms with Crippen LogP contribution in [0.4, 0.5) is 8.78 Å². The van der Waals surface area contributed by atoms with Crippen molar-refractivity contribution in [1.82, 2.24) is 5.32 Å². The van der Waals surface area contributed by atoms with Crippen molar-refractivity contribution in [3.05, 3.63) is 65.2 Å². The van der Waals surface area contributed by atoms with Crippen LogP contribution >= 0.6 is 0 Å². The maximum absolute atomic E-state index is 13.5. The Bertz CT molecular complexity index is 641. The van der Waals surface area contributed by atoms with E-state index in [9.17, 15) is 23.8 Å². The van der Waals surface area contributed by atoms with Gasteiger partial charge in [-0.15, -0.1) is 0 Å². The number of amides is 1. The van der Waals surface area contributed by atoms with Crippen LogP contribution in [-0.2, 0) is 0 Å². The summed E-state index contributed by atoms with van der Waals surface area (Å²) < 4.78 is 26.9. The Hall–Kier alpha value is -2.47. The minimum atomic E-state index is -1.53. The van der Waals surface area contributed by atoms with Crippen LogP contribution in [0.1, 0.15) is 22.0 Å². The third-order valence-corrected chi connectivity index (χ3v) is 2.94. The Morgan fingerprint density at radius 2 is 1.71 bits per heavy atom. The van der Waals surface area contributed by atoms with Crippen LogP contribution in [0.5, 0.6) is 5.75 Å². The van der Waals surface area contributed by atoms with Gasteiger partial charge in [-0.25, -0.2) is 8.78 Å². The lowest BCUT2D eigenvalue weighted by Crippen LogP contribution is -2.29. The maximum Gasteiger partial charge on any atom is 0.255 e. The molecule has 0 spiro atoms. The van der Waals surface area contributed by atoms with Gasteiger partial charge in [0.25, 0.3) is 5.91 Å². The van der Waals surface area contributed by atoms with E-state index < -0.39 is 29.2 Å². The Balaban J connectivity index is 2.06. The Morgan fingerprint density at radius 3 is 2.33 bits per heavy atom. The average molecular weight is 293 g/mol. The molecule has 110 valence electrons. The van der Waals surface area contributed by atoms with Gasteiger partial charge in [-0.2, -0.15) is 0 Å². The highest BCUT2D eigenvalue weighted by Gasteiger charge is 2.19. The fraction of sp³-hybridized carbons (Fsp3) is 0.133. The number of carbonyl (C=O) groups is 1. The minimum Gasteiger partial charge on any atom is -0.507 e. The van der Waals surface area contributed by atoms with Crippen molar-refractivity contribution in [2.24, 2.45) is 0 Å². The molecule has 2 aromatic rings. The fourth-order valence-electron chi connectivity index (χ4n) is 1.88. The van der Waals surface area contributed by atoms with Gasteiger partial charge in [0.2, 0.25) is 0 Å². The Labute approximate surface area is 119 Å². The summed E-state index contributed by atoms with van der Waals surface area (Å²) in [5.41, 5.74) is -0.492. The van der Waals surface area contributed by atoms with E-state index in [1.54, 1.807) is 12.1 Å². The number of aliphatic hydroxyl groups is 1. The highest BCUT2D eigenvalue weighted by Crippen LogP contribution is 2.20. The molecule has 0 saturated carbocycles. The van der Waals surface area contributed by atoms with Crippen LogP contribution in [-0.4, -0.2) is 22.7 Å². The number of hydrogen-bond donors (Lipinski definition) is 3. The standard InChI is InChI=1S/C15H13F2NO3/c16-10-5-3-6-11(17)14(10)13(20)8-18-15(21)9-4-1-2-7-12(9)19/h1-7,13,19-20H,8H2,(H,18,21). The van der Waals surface area contributed by atoms with Crippen molar-refractivity contribution in [2.45, 2.75) is 6.10 Å². The van der Waals surface area contributed by atoms with Crippen LogP contribution in [0.15, 0.2) is 42.5 Å². The van der Waals surface area contributed by atoms with Crippen molar-refractivity contribution in [3.8, 4) is 5.75 Å². The number of phenols is 1.